The molecular weight excluding hydrogens is 426 g/mol. The highest BCUT2D eigenvalue weighted by atomic mass is 79.9. The maximum Gasteiger partial charge on any atom is 0.293 e. The molecule has 0 bridgehead atoms. The molecule has 0 unspecified atom stereocenters. The molecule has 0 saturated carbocycles. The molecule has 0 aliphatic carbocycles. The van der Waals surface area contributed by atoms with Crippen LogP contribution in [0.2, 0.25) is 0 Å². The largest absolute Gasteiger partial charge is 0.507 e. The van der Waals surface area contributed by atoms with Crippen molar-refractivity contribution in [1.82, 2.24) is 4.90 Å². The van der Waals surface area contributed by atoms with Gasteiger partial charge in [0.25, 0.3) is 11.1 Å². The van der Waals surface area contributed by atoms with E-state index in [2.05, 4.69) is 15.9 Å². The van der Waals surface area contributed by atoms with Crippen LogP contribution in [0.4, 0.5) is 4.79 Å². The van der Waals surface area contributed by atoms with Crippen LogP contribution in [0.3, 0.4) is 0 Å². The van der Waals surface area contributed by atoms with E-state index in [0.717, 1.165) is 33.7 Å². The minimum absolute atomic E-state index is 0.121. The predicted octanol–water partition coefficient (Wildman–Crippen LogP) is 5.54. The minimum Gasteiger partial charge on any atom is -0.507 e. The van der Waals surface area contributed by atoms with Crippen LogP contribution in [0.5, 0.6) is 5.75 Å². The van der Waals surface area contributed by atoms with Crippen molar-refractivity contribution in [3.63, 3.8) is 0 Å². The Hall–Kier alpha value is -2.57. The summed E-state index contributed by atoms with van der Waals surface area (Å²) in [5.41, 5.74) is 1.67. The number of nitrogens with zero attached hydrogens (tertiary/aromatic N) is 1. The van der Waals surface area contributed by atoms with Crippen LogP contribution >= 0.6 is 27.7 Å². The normalized spacial score (nSPS) is 15.9. The van der Waals surface area contributed by atoms with Crippen LogP contribution in [-0.4, -0.2) is 21.2 Å². The van der Waals surface area contributed by atoms with Crippen molar-refractivity contribution in [2.75, 3.05) is 0 Å². The van der Waals surface area contributed by atoms with E-state index in [-0.39, 0.29) is 23.4 Å². The number of phenols is 1. The number of fused-ring (bicyclic) bond motifs is 1. The Bertz CT molecular complexity index is 1100. The number of amides is 2. The van der Waals surface area contributed by atoms with Crippen molar-refractivity contribution in [3.8, 4) is 5.75 Å². The molecule has 1 aliphatic rings. The molecule has 0 atom stereocenters. The summed E-state index contributed by atoms with van der Waals surface area (Å²) in [5.74, 6) is -0.182. The number of hydrogen-bond donors (Lipinski definition) is 1. The van der Waals surface area contributed by atoms with Gasteiger partial charge in [0.1, 0.15) is 5.75 Å². The van der Waals surface area contributed by atoms with E-state index in [4.69, 9.17) is 0 Å². The van der Waals surface area contributed by atoms with Crippen LogP contribution in [0, 0.1) is 0 Å². The van der Waals surface area contributed by atoms with Gasteiger partial charge in [-0.25, -0.2) is 0 Å². The number of halogens is 1. The lowest BCUT2D eigenvalue weighted by Crippen LogP contribution is -2.27. The van der Waals surface area contributed by atoms with E-state index < -0.39 is 0 Å². The summed E-state index contributed by atoms with van der Waals surface area (Å²) in [6, 6.07) is 18.7. The number of phenolic OH excluding ortho intramolecular Hbond substituents is 1. The van der Waals surface area contributed by atoms with Crippen molar-refractivity contribution in [2.24, 2.45) is 0 Å². The highest BCUT2D eigenvalue weighted by Crippen LogP contribution is 2.35. The lowest BCUT2D eigenvalue weighted by Gasteiger charge is -2.14. The molecule has 4 nitrogen and oxygen atoms in total. The molecule has 6 heteroatoms. The molecule has 1 heterocycles. The van der Waals surface area contributed by atoms with Crippen LogP contribution in [-0.2, 0) is 11.3 Å². The van der Waals surface area contributed by atoms with Gasteiger partial charge in [0, 0.05) is 0 Å². The van der Waals surface area contributed by atoms with Gasteiger partial charge in [-0.3, -0.25) is 14.5 Å². The molecular formula is C21H14BrNO3S. The highest BCUT2D eigenvalue weighted by molar-refractivity contribution is 9.10. The highest BCUT2D eigenvalue weighted by Gasteiger charge is 2.35. The topological polar surface area (TPSA) is 57.6 Å². The SMILES string of the molecule is O=C1S/C(=C\c2ccc(O)c(Br)c2)C(=O)N1Cc1cccc2ccccc12. The molecule has 4 rings (SSSR count). The molecule has 3 aromatic rings. The van der Waals surface area contributed by atoms with Crippen LogP contribution in [0.25, 0.3) is 16.8 Å². The van der Waals surface area contributed by atoms with Gasteiger partial charge in [0.15, 0.2) is 0 Å². The van der Waals surface area contributed by atoms with Gasteiger partial charge in [0.2, 0.25) is 0 Å². The first-order chi connectivity index (χ1) is 13.0. The van der Waals surface area contributed by atoms with Crippen LogP contribution < -0.4 is 0 Å². The molecule has 134 valence electrons. The van der Waals surface area contributed by atoms with E-state index in [1.54, 1.807) is 18.2 Å². The minimum atomic E-state index is -0.304. The smallest absolute Gasteiger partial charge is 0.293 e. The predicted molar refractivity (Wildman–Crippen MR) is 111 cm³/mol. The number of hydrogen-bond acceptors (Lipinski definition) is 4. The second kappa shape index (κ2) is 7.21. The second-order valence-corrected chi connectivity index (χ2v) is 7.96. The summed E-state index contributed by atoms with van der Waals surface area (Å²) in [4.78, 5) is 26.8. The van der Waals surface area contributed by atoms with Crippen LogP contribution in [0.1, 0.15) is 11.1 Å². The summed E-state index contributed by atoms with van der Waals surface area (Å²) < 4.78 is 0.534. The molecule has 0 radical (unpaired) electrons. The summed E-state index contributed by atoms with van der Waals surface area (Å²) in [6.07, 6.45) is 1.66. The molecule has 0 aromatic heterocycles. The lowest BCUT2D eigenvalue weighted by molar-refractivity contribution is -0.123. The average molecular weight is 440 g/mol. The number of imide groups is 1. The fourth-order valence-corrected chi connectivity index (χ4v) is 4.24. The summed E-state index contributed by atoms with van der Waals surface area (Å²) in [6.45, 7) is 0.239. The van der Waals surface area contributed by atoms with Crippen molar-refractivity contribution in [1.29, 1.82) is 0 Å². The number of carbonyl (C=O) groups excluding carboxylic acids is 2. The fourth-order valence-electron chi connectivity index (χ4n) is 3.00. The quantitative estimate of drug-likeness (QED) is 0.543. The zero-order valence-corrected chi connectivity index (χ0v) is 16.5. The zero-order chi connectivity index (χ0) is 19.0. The Balaban J connectivity index is 1.63. The van der Waals surface area contributed by atoms with E-state index in [9.17, 15) is 14.7 Å². The Morgan fingerprint density at radius 3 is 2.63 bits per heavy atom. The van der Waals surface area contributed by atoms with E-state index >= 15 is 0 Å². The Kier molecular flexibility index (Phi) is 4.76. The number of benzene rings is 3. The summed E-state index contributed by atoms with van der Waals surface area (Å²) >= 11 is 4.19. The number of carbonyl (C=O) groups is 2. The molecule has 1 fully saturated rings. The maximum atomic E-state index is 12.8. The Morgan fingerprint density at radius 2 is 1.81 bits per heavy atom. The fraction of sp³-hybridized carbons (Fsp3) is 0.0476. The molecule has 0 spiro atoms. The van der Waals surface area contributed by atoms with E-state index in [0.29, 0.717) is 9.38 Å². The van der Waals surface area contributed by atoms with Gasteiger partial charge in [-0.15, -0.1) is 0 Å². The Labute approximate surface area is 168 Å². The van der Waals surface area contributed by atoms with Crippen LogP contribution in [0.15, 0.2) is 70.0 Å². The lowest BCUT2D eigenvalue weighted by atomic mass is 10.0. The van der Waals surface area contributed by atoms with E-state index in [1.807, 2.05) is 42.5 Å². The molecule has 1 aliphatic heterocycles. The first-order valence-corrected chi connectivity index (χ1v) is 9.84. The third-order valence-electron chi connectivity index (χ3n) is 4.35. The van der Waals surface area contributed by atoms with E-state index in [1.165, 1.54) is 11.0 Å². The second-order valence-electron chi connectivity index (χ2n) is 6.12. The number of rotatable bonds is 3. The third-order valence-corrected chi connectivity index (χ3v) is 5.89. The van der Waals surface area contributed by atoms with Gasteiger partial charge in [-0.1, -0.05) is 48.5 Å². The third kappa shape index (κ3) is 3.50. The average Bonchev–Trinajstić information content (AvgIpc) is 2.92. The first-order valence-electron chi connectivity index (χ1n) is 8.23. The monoisotopic (exact) mass is 439 g/mol. The van der Waals surface area contributed by atoms with Gasteiger partial charge in [-0.2, -0.15) is 0 Å². The maximum absolute atomic E-state index is 12.8. The number of thioether (sulfide) groups is 1. The number of aromatic hydroxyl groups is 1. The zero-order valence-electron chi connectivity index (χ0n) is 14.1. The summed E-state index contributed by atoms with van der Waals surface area (Å²) in [5, 5.41) is 11.4. The van der Waals surface area contributed by atoms with Crippen molar-refractivity contribution < 1.29 is 14.7 Å². The Morgan fingerprint density at radius 1 is 1.04 bits per heavy atom. The molecule has 3 aromatic carbocycles. The first kappa shape index (κ1) is 17.8. The molecule has 1 saturated heterocycles. The van der Waals surface area contributed by atoms with Gasteiger partial charge < -0.3 is 5.11 Å². The molecule has 27 heavy (non-hydrogen) atoms. The van der Waals surface area contributed by atoms with Crippen molar-refractivity contribution in [3.05, 3.63) is 81.2 Å². The van der Waals surface area contributed by atoms with Crippen molar-refractivity contribution in [2.45, 2.75) is 6.54 Å². The van der Waals surface area contributed by atoms with Gasteiger partial charge in [0.05, 0.1) is 15.9 Å². The molecule has 2 amide bonds. The van der Waals surface area contributed by atoms with Gasteiger partial charge >= 0.3 is 0 Å². The molecule has 1 N–H and O–H groups in total. The standard InChI is InChI=1S/C21H14BrNO3S/c22-17-10-13(8-9-18(17)24)11-19-20(25)23(21(26)27-19)12-15-6-3-5-14-4-1-2-7-16(14)15/h1-11,24H,12H2/b19-11-. The summed E-state index contributed by atoms with van der Waals surface area (Å²) in [7, 11) is 0. The van der Waals surface area contributed by atoms with Crippen molar-refractivity contribution >= 4 is 55.7 Å². The van der Waals surface area contributed by atoms with Gasteiger partial charge in [-0.05, 0) is 67.8 Å².